The summed E-state index contributed by atoms with van der Waals surface area (Å²) >= 11 is 0. The zero-order chi connectivity index (χ0) is 13.7. The second-order valence-electron chi connectivity index (χ2n) is 6.10. The van der Waals surface area contributed by atoms with E-state index in [2.05, 4.69) is 10.4 Å². The van der Waals surface area contributed by atoms with Gasteiger partial charge in [0.05, 0.1) is 23.0 Å². The molecular weight excluding hydrogens is 240 g/mol. The Hall–Kier alpha value is -1.36. The topological polar surface area (TPSA) is 72.9 Å². The van der Waals surface area contributed by atoms with Crippen LogP contribution in [0.25, 0.3) is 0 Å². The fourth-order valence-electron chi connectivity index (χ4n) is 3.89. The summed E-state index contributed by atoms with van der Waals surface area (Å²) in [5.74, 6) is 1.10. The summed E-state index contributed by atoms with van der Waals surface area (Å²) in [5, 5.41) is 7.38. The molecule has 3 N–H and O–H groups in total. The molecule has 2 aliphatic carbocycles. The molecule has 4 unspecified atom stereocenters. The smallest absolute Gasteiger partial charge is 0.229 e. The van der Waals surface area contributed by atoms with Crippen LogP contribution in [-0.4, -0.2) is 21.7 Å². The van der Waals surface area contributed by atoms with Gasteiger partial charge in [0, 0.05) is 13.1 Å². The van der Waals surface area contributed by atoms with Gasteiger partial charge in [-0.15, -0.1) is 0 Å². The van der Waals surface area contributed by atoms with Crippen molar-refractivity contribution in [1.82, 2.24) is 9.78 Å². The maximum Gasteiger partial charge on any atom is 0.229 e. The van der Waals surface area contributed by atoms with Crippen molar-refractivity contribution in [2.45, 2.75) is 39.2 Å². The third-order valence-electron chi connectivity index (χ3n) is 5.04. The summed E-state index contributed by atoms with van der Waals surface area (Å²) in [7, 11) is 1.89. The van der Waals surface area contributed by atoms with E-state index in [4.69, 9.17) is 5.73 Å². The lowest BCUT2D eigenvalue weighted by Crippen LogP contribution is -2.42. The Morgan fingerprint density at radius 3 is 2.58 bits per heavy atom. The lowest BCUT2D eigenvalue weighted by molar-refractivity contribution is -0.121. The maximum absolute atomic E-state index is 12.5. The van der Waals surface area contributed by atoms with Crippen molar-refractivity contribution in [2.24, 2.45) is 30.5 Å². The Morgan fingerprint density at radius 2 is 2.05 bits per heavy atom. The predicted molar refractivity (Wildman–Crippen MR) is 73.6 cm³/mol. The van der Waals surface area contributed by atoms with Gasteiger partial charge in [-0.05, 0) is 44.9 Å². The number of hydrogen-bond donors (Lipinski definition) is 2. The Balaban J connectivity index is 1.79. The van der Waals surface area contributed by atoms with Crippen molar-refractivity contribution in [3.05, 3.63) is 11.4 Å². The highest BCUT2D eigenvalue weighted by Gasteiger charge is 2.49. The fourth-order valence-corrected chi connectivity index (χ4v) is 3.89. The molecule has 1 aromatic rings. The van der Waals surface area contributed by atoms with Crippen LogP contribution in [0.4, 0.5) is 5.69 Å². The standard InChI is InChI=1S/C14H22N4O/c1-7-13(8(2)18(3)17-7)16-14(19)11-9-4-5-10(6-9)12(11)15/h9-12H,4-6,15H2,1-3H3,(H,16,19). The third-order valence-corrected chi connectivity index (χ3v) is 5.04. The first-order valence-electron chi connectivity index (χ1n) is 7.05. The van der Waals surface area contributed by atoms with Gasteiger partial charge >= 0.3 is 0 Å². The normalized spacial score (nSPS) is 32.8. The summed E-state index contributed by atoms with van der Waals surface area (Å²) in [5.41, 5.74) is 8.92. The number of carbonyl (C=O) groups is 1. The summed E-state index contributed by atoms with van der Waals surface area (Å²) < 4.78 is 1.80. The number of aromatic nitrogens is 2. The number of aryl methyl sites for hydroxylation is 2. The Morgan fingerprint density at radius 1 is 1.37 bits per heavy atom. The molecule has 2 aliphatic rings. The van der Waals surface area contributed by atoms with Crippen molar-refractivity contribution in [3.8, 4) is 0 Å². The molecule has 1 amide bonds. The quantitative estimate of drug-likeness (QED) is 0.845. The molecule has 4 atom stereocenters. The number of carbonyl (C=O) groups excluding carboxylic acids is 1. The van der Waals surface area contributed by atoms with Crippen LogP contribution in [0.3, 0.4) is 0 Å². The molecule has 2 bridgehead atoms. The van der Waals surface area contributed by atoms with Gasteiger partial charge in [-0.2, -0.15) is 5.10 Å². The number of rotatable bonds is 2. The SMILES string of the molecule is Cc1nn(C)c(C)c1NC(=O)C1C2CCC(C2)C1N. The molecule has 19 heavy (non-hydrogen) atoms. The van der Waals surface area contributed by atoms with Crippen LogP contribution >= 0.6 is 0 Å². The third kappa shape index (κ3) is 1.87. The number of amides is 1. The average Bonchev–Trinajstić information content (AvgIpc) is 3.00. The first-order chi connectivity index (χ1) is 8.99. The van der Waals surface area contributed by atoms with E-state index in [9.17, 15) is 4.79 Å². The van der Waals surface area contributed by atoms with Gasteiger partial charge in [-0.1, -0.05) is 0 Å². The van der Waals surface area contributed by atoms with E-state index in [1.165, 1.54) is 6.42 Å². The second kappa shape index (κ2) is 4.34. The summed E-state index contributed by atoms with van der Waals surface area (Å²) in [6.45, 7) is 3.89. The number of hydrogen-bond acceptors (Lipinski definition) is 3. The van der Waals surface area contributed by atoms with Crippen LogP contribution in [-0.2, 0) is 11.8 Å². The number of nitrogens with two attached hydrogens (primary N) is 1. The van der Waals surface area contributed by atoms with Crippen LogP contribution in [0.1, 0.15) is 30.7 Å². The Labute approximate surface area is 113 Å². The van der Waals surface area contributed by atoms with Gasteiger partial charge in [0.15, 0.2) is 0 Å². The molecule has 5 heteroatoms. The molecule has 104 valence electrons. The van der Waals surface area contributed by atoms with Gasteiger partial charge < -0.3 is 11.1 Å². The molecule has 2 saturated carbocycles. The Kier molecular flexibility index (Phi) is 2.89. The molecule has 2 fully saturated rings. The highest BCUT2D eigenvalue weighted by atomic mass is 16.2. The number of anilines is 1. The van der Waals surface area contributed by atoms with E-state index in [1.807, 2.05) is 20.9 Å². The molecule has 0 radical (unpaired) electrons. The molecule has 1 heterocycles. The van der Waals surface area contributed by atoms with Crippen LogP contribution in [0.15, 0.2) is 0 Å². The first kappa shape index (κ1) is 12.7. The Bertz CT molecular complexity index is 520. The van der Waals surface area contributed by atoms with Crippen molar-refractivity contribution in [3.63, 3.8) is 0 Å². The summed E-state index contributed by atoms with van der Waals surface area (Å²) in [6.07, 6.45) is 3.48. The van der Waals surface area contributed by atoms with Gasteiger partial charge in [0.2, 0.25) is 5.91 Å². The first-order valence-corrected chi connectivity index (χ1v) is 7.05. The van der Waals surface area contributed by atoms with E-state index >= 15 is 0 Å². The maximum atomic E-state index is 12.5. The molecule has 0 aromatic carbocycles. The molecule has 0 saturated heterocycles. The van der Waals surface area contributed by atoms with Gasteiger partial charge in [0.1, 0.15) is 0 Å². The number of nitrogens with one attached hydrogen (secondary N) is 1. The minimum absolute atomic E-state index is 0.0160. The highest BCUT2D eigenvalue weighted by molar-refractivity contribution is 5.94. The minimum Gasteiger partial charge on any atom is -0.327 e. The van der Waals surface area contributed by atoms with Gasteiger partial charge in [-0.3, -0.25) is 9.48 Å². The average molecular weight is 262 g/mol. The van der Waals surface area contributed by atoms with Crippen LogP contribution in [0.5, 0.6) is 0 Å². The van der Waals surface area contributed by atoms with E-state index in [1.54, 1.807) is 4.68 Å². The van der Waals surface area contributed by atoms with E-state index in [-0.39, 0.29) is 17.9 Å². The molecule has 0 aliphatic heterocycles. The molecule has 5 nitrogen and oxygen atoms in total. The van der Waals surface area contributed by atoms with Crippen LogP contribution < -0.4 is 11.1 Å². The second-order valence-corrected chi connectivity index (χ2v) is 6.10. The lowest BCUT2D eigenvalue weighted by atomic mass is 9.84. The van der Waals surface area contributed by atoms with Crippen LogP contribution in [0, 0.1) is 31.6 Å². The summed E-state index contributed by atoms with van der Waals surface area (Å²) in [4.78, 5) is 12.5. The predicted octanol–water partition coefficient (Wildman–Crippen LogP) is 1.35. The van der Waals surface area contributed by atoms with Gasteiger partial charge in [-0.25, -0.2) is 0 Å². The monoisotopic (exact) mass is 262 g/mol. The zero-order valence-corrected chi connectivity index (χ0v) is 11.8. The van der Waals surface area contributed by atoms with E-state index in [0.717, 1.165) is 29.9 Å². The molecule has 1 aromatic heterocycles. The number of nitrogens with zero attached hydrogens (tertiary/aromatic N) is 2. The zero-order valence-electron chi connectivity index (χ0n) is 11.8. The molecular formula is C14H22N4O. The van der Waals surface area contributed by atoms with Gasteiger partial charge in [0.25, 0.3) is 0 Å². The van der Waals surface area contributed by atoms with Crippen molar-refractivity contribution >= 4 is 11.6 Å². The van der Waals surface area contributed by atoms with Crippen LogP contribution in [0.2, 0.25) is 0 Å². The molecule has 0 spiro atoms. The van der Waals surface area contributed by atoms with E-state index in [0.29, 0.717) is 11.8 Å². The van der Waals surface area contributed by atoms with E-state index < -0.39 is 0 Å². The van der Waals surface area contributed by atoms with Crippen molar-refractivity contribution in [2.75, 3.05) is 5.32 Å². The lowest BCUT2D eigenvalue weighted by Gasteiger charge is -2.27. The fraction of sp³-hybridized carbons (Fsp3) is 0.714. The van der Waals surface area contributed by atoms with Crippen molar-refractivity contribution in [1.29, 1.82) is 0 Å². The number of fused-ring (bicyclic) bond motifs is 2. The highest BCUT2D eigenvalue weighted by Crippen LogP contribution is 2.48. The van der Waals surface area contributed by atoms with Crippen molar-refractivity contribution < 1.29 is 4.79 Å². The largest absolute Gasteiger partial charge is 0.327 e. The summed E-state index contributed by atoms with van der Waals surface area (Å²) in [6, 6.07) is 0.0380. The molecule has 3 rings (SSSR count). The minimum atomic E-state index is -0.0160.